The number of halogens is 2. The van der Waals surface area contributed by atoms with Gasteiger partial charge in [-0.15, -0.1) is 0 Å². The summed E-state index contributed by atoms with van der Waals surface area (Å²) in [6, 6.07) is 21.0. The molecule has 0 saturated carbocycles. The van der Waals surface area contributed by atoms with Crippen LogP contribution in [-0.2, 0) is 21.2 Å². The number of carbonyl (C=O) groups excluding carboxylic acids is 1. The van der Waals surface area contributed by atoms with E-state index in [0.717, 1.165) is 32.7 Å². The van der Waals surface area contributed by atoms with E-state index in [1.54, 1.807) is 48.5 Å². The average Bonchev–Trinajstić information content (AvgIpc) is 2.77. The Hall–Kier alpha value is -2.35. The van der Waals surface area contributed by atoms with Gasteiger partial charge in [-0.1, -0.05) is 57.4 Å². The van der Waals surface area contributed by atoms with E-state index in [9.17, 15) is 13.2 Å². The van der Waals surface area contributed by atoms with E-state index < -0.39 is 10.0 Å². The first kappa shape index (κ1) is 24.3. The number of nitrogens with zero attached hydrogens (tertiary/aromatic N) is 1. The number of amides is 1. The van der Waals surface area contributed by atoms with E-state index >= 15 is 0 Å². The third-order valence-corrected chi connectivity index (χ3v) is 7.46. The standard InChI is InChI=1S/C24H24BrClN2O3S/c1-18-4-14-23(15-5-18)32(30,31)28(22-12-8-20(25)9-13-22)17-24(29)27-16-2-3-19-6-10-21(26)11-7-19/h4-15H,2-3,16-17H2,1H3,(H,27,29). The van der Waals surface area contributed by atoms with Crippen molar-refractivity contribution in [2.45, 2.75) is 24.7 Å². The van der Waals surface area contributed by atoms with Gasteiger partial charge in [0.25, 0.3) is 10.0 Å². The second kappa shape index (κ2) is 11.0. The quantitative estimate of drug-likeness (QED) is 0.375. The molecule has 1 N–H and O–H groups in total. The number of benzene rings is 3. The minimum Gasteiger partial charge on any atom is -0.355 e. The number of aryl methyl sites for hydroxylation is 2. The van der Waals surface area contributed by atoms with Crippen LogP contribution in [0.4, 0.5) is 5.69 Å². The summed E-state index contributed by atoms with van der Waals surface area (Å²) in [5.41, 5.74) is 2.50. The molecule has 0 aliphatic heterocycles. The average molecular weight is 536 g/mol. The van der Waals surface area contributed by atoms with Gasteiger partial charge < -0.3 is 5.32 Å². The van der Waals surface area contributed by atoms with Crippen molar-refractivity contribution in [2.24, 2.45) is 0 Å². The predicted molar refractivity (Wildman–Crippen MR) is 133 cm³/mol. The number of rotatable bonds is 9. The minimum atomic E-state index is -3.91. The number of sulfonamides is 1. The highest BCUT2D eigenvalue weighted by atomic mass is 79.9. The van der Waals surface area contributed by atoms with Gasteiger partial charge in [-0.25, -0.2) is 8.42 Å². The largest absolute Gasteiger partial charge is 0.355 e. The molecule has 0 unspecified atom stereocenters. The summed E-state index contributed by atoms with van der Waals surface area (Å²) in [6.07, 6.45) is 1.52. The molecule has 3 aromatic carbocycles. The van der Waals surface area contributed by atoms with Gasteiger partial charge in [0.1, 0.15) is 6.54 Å². The molecule has 3 aromatic rings. The van der Waals surface area contributed by atoms with Crippen molar-refractivity contribution in [3.8, 4) is 0 Å². The Labute approximate surface area is 202 Å². The van der Waals surface area contributed by atoms with Crippen LogP contribution in [0.3, 0.4) is 0 Å². The molecule has 3 rings (SSSR count). The summed E-state index contributed by atoms with van der Waals surface area (Å²) in [4.78, 5) is 12.8. The molecule has 5 nitrogen and oxygen atoms in total. The molecule has 0 aliphatic rings. The van der Waals surface area contributed by atoms with E-state index in [0.29, 0.717) is 17.3 Å². The monoisotopic (exact) mass is 534 g/mol. The predicted octanol–water partition coefficient (Wildman–Crippen LogP) is 5.36. The summed E-state index contributed by atoms with van der Waals surface area (Å²) in [7, 11) is -3.91. The van der Waals surface area contributed by atoms with E-state index in [1.807, 2.05) is 31.2 Å². The second-order valence-corrected chi connectivity index (χ2v) is 10.6. The Morgan fingerprint density at radius 1 is 0.969 bits per heavy atom. The normalized spacial score (nSPS) is 11.2. The van der Waals surface area contributed by atoms with Crippen molar-refractivity contribution in [1.29, 1.82) is 0 Å². The maximum absolute atomic E-state index is 13.3. The molecule has 0 spiro atoms. The number of hydrogen-bond donors (Lipinski definition) is 1. The van der Waals surface area contributed by atoms with Crippen molar-refractivity contribution in [1.82, 2.24) is 5.32 Å². The van der Waals surface area contributed by atoms with Crippen LogP contribution in [0.1, 0.15) is 17.5 Å². The maximum atomic E-state index is 13.3. The molecule has 0 saturated heterocycles. The Morgan fingerprint density at radius 3 is 2.22 bits per heavy atom. The lowest BCUT2D eigenvalue weighted by atomic mass is 10.1. The fourth-order valence-corrected chi connectivity index (χ4v) is 4.93. The van der Waals surface area contributed by atoms with Crippen molar-refractivity contribution in [2.75, 3.05) is 17.4 Å². The molecule has 0 radical (unpaired) electrons. The molecule has 0 fully saturated rings. The lowest BCUT2D eigenvalue weighted by molar-refractivity contribution is -0.119. The van der Waals surface area contributed by atoms with Gasteiger partial charge >= 0.3 is 0 Å². The van der Waals surface area contributed by atoms with E-state index in [2.05, 4.69) is 21.2 Å². The summed E-state index contributed by atoms with van der Waals surface area (Å²) < 4.78 is 28.6. The van der Waals surface area contributed by atoms with E-state index in [1.165, 1.54) is 0 Å². The lowest BCUT2D eigenvalue weighted by Gasteiger charge is -2.24. The molecule has 0 aromatic heterocycles. The first-order valence-corrected chi connectivity index (χ1v) is 12.7. The summed E-state index contributed by atoms with van der Waals surface area (Å²) >= 11 is 9.26. The van der Waals surface area contributed by atoms with Crippen molar-refractivity contribution in [3.63, 3.8) is 0 Å². The molecular weight excluding hydrogens is 512 g/mol. The van der Waals surface area contributed by atoms with Gasteiger partial charge in [0, 0.05) is 16.0 Å². The fraction of sp³-hybridized carbons (Fsp3) is 0.208. The van der Waals surface area contributed by atoms with Crippen LogP contribution >= 0.6 is 27.5 Å². The second-order valence-electron chi connectivity index (χ2n) is 7.38. The minimum absolute atomic E-state index is 0.140. The van der Waals surface area contributed by atoms with Gasteiger partial charge in [-0.05, 0) is 73.9 Å². The SMILES string of the molecule is Cc1ccc(S(=O)(=O)N(CC(=O)NCCCc2ccc(Cl)cc2)c2ccc(Br)cc2)cc1. The number of hydrogen-bond acceptors (Lipinski definition) is 3. The van der Waals surface area contributed by atoms with Gasteiger partial charge in [0.15, 0.2) is 0 Å². The topological polar surface area (TPSA) is 66.5 Å². The zero-order valence-electron chi connectivity index (χ0n) is 17.6. The smallest absolute Gasteiger partial charge is 0.264 e. The Kier molecular flexibility index (Phi) is 8.34. The number of nitrogens with one attached hydrogen (secondary N) is 1. The van der Waals surface area contributed by atoms with Crippen LogP contribution in [0.25, 0.3) is 0 Å². The molecule has 0 atom stereocenters. The molecule has 168 valence electrons. The van der Waals surface area contributed by atoms with Crippen molar-refractivity contribution in [3.05, 3.63) is 93.4 Å². The first-order chi connectivity index (χ1) is 15.3. The van der Waals surface area contributed by atoms with Crippen LogP contribution in [0.5, 0.6) is 0 Å². The third kappa shape index (κ3) is 6.58. The van der Waals surface area contributed by atoms with Crippen LogP contribution in [0.2, 0.25) is 5.02 Å². The van der Waals surface area contributed by atoms with Crippen LogP contribution < -0.4 is 9.62 Å². The third-order valence-electron chi connectivity index (χ3n) is 4.89. The molecule has 0 heterocycles. The van der Waals surface area contributed by atoms with Crippen molar-refractivity contribution >= 4 is 49.1 Å². The summed E-state index contributed by atoms with van der Waals surface area (Å²) in [5, 5.41) is 3.51. The fourth-order valence-electron chi connectivity index (χ4n) is 3.12. The molecule has 1 amide bonds. The van der Waals surface area contributed by atoms with E-state index in [-0.39, 0.29) is 17.3 Å². The molecule has 0 bridgehead atoms. The number of carbonyl (C=O) groups is 1. The number of anilines is 1. The van der Waals surface area contributed by atoms with Crippen LogP contribution in [0.15, 0.2) is 82.2 Å². The van der Waals surface area contributed by atoms with Gasteiger partial charge in [0.05, 0.1) is 10.6 Å². The lowest BCUT2D eigenvalue weighted by Crippen LogP contribution is -2.41. The Morgan fingerprint density at radius 2 is 1.59 bits per heavy atom. The van der Waals surface area contributed by atoms with Crippen molar-refractivity contribution < 1.29 is 13.2 Å². The molecular formula is C24H24BrClN2O3S. The maximum Gasteiger partial charge on any atom is 0.264 e. The summed E-state index contributed by atoms with van der Waals surface area (Å²) in [5.74, 6) is -0.361. The van der Waals surface area contributed by atoms with Gasteiger partial charge in [0.2, 0.25) is 5.91 Å². The molecule has 0 aliphatic carbocycles. The zero-order chi connectivity index (χ0) is 23.1. The van der Waals surface area contributed by atoms with E-state index in [4.69, 9.17) is 11.6 Å². The zero-order valence-corrected chi connectivity index (χ0v) is 20.8. The summed E-state index contributed by atoms with van der Waals surface area (Å²) in [6.45, 7) is 2.03. The molecule has 32 heavy (non-hydrogen) atoms. The van der Waals surface area contributed by atoms with Gasteiger partial charge in [-0.2, -0.15) is 0 Å². The highest BCUT2D eigenvalue weighted by Gasteiger charge is 2.27. The highest BCUT2D eigenvalue weighted by Crippen LogP contribution is 2.25. The Balaban J connectivity index is 1.69. The Bertz CT molecular complexity index is 1150. The molecule has 8 heteroatoms. The highest BCUT2D eigenvalue weighted by molar-refractivity contribution is 9.10. The van der Waals surface area contributed by atoms with Crippen LogP contribution in [-0.4, -0.2) is 27.4 Å². The van der Waals surface area contributed by atoms with Gasteiger partial charge in [-0.3, -0.25) is 9.10 Å². The van der Waals surface area contributed by atoms with Crippen LogP contribution in [0, 0.1) is 6.92 Å². The first-order valence-electron chi connectivity index (χ1n) is 10.1.